The molecule has 0 spiro atoms. The van der Waals surface area contributed by atoms with E-state index in [1.165, 1.54) is 28.7 Å². The van der Waals surface area contributed by atoms with Crippen molar-refractivity contribution in [2.75, 3.05) is 49.5 Å². The zero-order valence-corrected chi connectivity index (χ0v) is 18.4. The molecule has 1 N–H and O–H groups in total. The van der Waals surface area contributed by atoms with E-state index in [1.807, 2.05) is 29.8 Å². The van der Waals surface area contributed by atoms with Gasteiger partial charge in [-0.3, -0.25) is 4.90 Å². The Balaban J connectivity index is 1.13. The van der Waals surface area contributed by atoms with Gasteiger partial charge in [-0.25, -0.2) is 19.9 Å². The molecule has 1 atom stereocenters. The van der Waals surface area contributed by atoms with Crippen LogP contribution in [0.15, 0.2) is 24.8 Å². The van der Waals surface area contributed by atoms with E-state index in [2.05, 4.69) is 42.0 Å². The molecule has 5 rings (SSSR count). The molecule has 1 fully saturated rings. The topological polar surface area (TPSA) is 70.1 Å². The lowest BCUT2D eigenvalue weighted by Gasteiger charge is -2.34. The summed E-state index contributed by atoms with van der Waals surface area (Å²) in [4.78, 5) is 25.3. The van der Waals surface area contributed by atoms with Crippen molar-refractivity contribution in [2.45, 2.75) is 32.6 Å². The van der Waals surface area contributed by atoms with Crippen LogP contribution in [0, 0.1) is 5.92 Å². The minimum atomic E-state index is 0.781. The first kappa shape index (κ1) is 19.6. The molecular weight excluding hydrogens is 394 g/mol. The lowest BCUT2D eigenvalue weighted by molar-refractivity contribution is 0.256. The van der Waals surface area contributed by atoms with Gasteiger partial charge in [0.05, 0.1) is 5.39 Å². The number of aryl methyl sites for hydroxylation is 1. The van der Waals surface area contributed by atoms with Gasteiger partial charge in [0.25, 0.3) is 0 Å². The van der Waals surface area contributed by atoms with E-state index < -0.39 is 0 Å². The lowest BCUT2D eigenvalue weighted by atomic mass is 9.89. The highest BCUT2D eigenvalue weighted by Gasteiger charge is 2.23. The van der Waals surface area contributed by atoms with Crippen molar-refractivity contribution in [3.63, 3.8) is 0 Å². The van der Waals surface area contributed by atoms with Gasteiger partial charge in [0, 0.05) is 50.0 Å². The van der Waals surface area contributed by atoms with Gasteiger partial charge in [0.15, 0.2) is 0 Å². The van der Waals surface area contributed by atoms with Gasteiger partial charge in [-0.05, 0) is 49.8 Å². The Morgan fingerprint density at radius 3 is 2.77 bits per heavy atom. The maximum Gasteiger partial charge on any atom is 0.225 e. The number of nitrogens with zero attached hydrogens (tertiary/aromatic N) is 6. The van der Waals surface area contributed by atoms with Crippen LogP contribution in [0.25, 0.3) is 10.2 Å². The normalized spacial score (nSPS) is 19.8. The summed E-state index contributed by atoms with van der Waals surface area (Å²) in [7, 11) is 0. The molecule has 0 saturated carbocycles. The highest BCUT2D eigenvalue weighted by atomic mass is 32.1. The number of piperazine rings is 1. The van der Waals surface area contributed by atoms with Gasteiger partial charge >= 0.3 is 0 Å². The second kappa shape index (κ2) is 8.81. The maximum atomic E-state index is 4.58. The highest BCUT2D eigenvalue weighted by Crippen LogP contribution is 2.39. The summed E-state index contributed by atoms with van der Waals surface area (Å²) in [5, 5.41) is 4.89. The van der Waals surface area contributed by atoms with Crippen molar-refractivity contribution in [1.29, 1.82) is 0 Å². The first-order valence-corrected chi connectivity index (χ1v) is 11.8. The van der Waals surface area contributed by atoms with Gasteiger partial charge in [-0.15, -0.1) is 11.3 Å². The lowest BCUT2D eigenvalue weighted by Crippen LogP contribution is -2.47. The van der Waals surface area contributed by atoms with E-state index in [9.17, 15) is 0 Å². The zero-order chi connectivity index (χ0) is 20.3. The first-order chi connectivity index (χ1) is 14.8. The average Bonchev–Trinajstić information content (AvgIpc) is 3.16. The SMILES string of the molecule is C[C@@H]1CCc2c(sc3ncnc(NCCCN4CCN(c5ncccn5)CC4)c23)C1. The largest absolute Gasteiger partial charge is 0.369 e. The van der Waals surface area contributed by atoms with Gasteiger partial charge in [-0.2, -0.15) is 0 Å². The van der Waals surface area contributed by atoms with Crippen LogP contribution in [0.1, 0.15) is 30.2 Å². The second-order valence-electron chi connectivity index (χ2n) is 8.41. The predicted molar refractivity (Wildman–Crippen MR) is 122 cm³/mol. The Kier molecular flexibility index (Phi) is 5.77. The maximum absolute atomic E-state index is 4.58. The monoisotopic (exact) mass is 423 g/mol. The van der Waals surface area contributed by atoms with E-state index >= 15 is 0 Å². The van der Waals surface area contributed by atoms with E-state index in [4.69, 9.17) is 0 Å². The van der Waals surface area contributed by atoms with Crippen molar-refractivity contribution >= 4 is 33.3 Å². The molecule has 0 radical (unpaired) electrons. The van der Waals surface area contributed by atoms with Crippen molar-refractivity contribution in [2.24, 2.45) is 5.92 Å². The van der Waals surface area contributed by atoms with Crippen LogP contribution in [0.5, 0.6) is 0 Å². The van der Waals surface area contributed by atoms with Gasteiger partial charge in [-0.1, -0.05) is 6.92 Å². The summed E-state index contributed by atoms with van der Waals surface area (Å²) in [5.74, 6) is 2.65. The predicted octanol–water partition coefficient (Wildman–Crippen LogP) is 3.23. The molecule has 1 aliphatic heterocycles. The van der Waals surface area contributed by atoms with Crippen LogP contribution in [0.2, 0.25) is 0 Å². The van der Waals surface area contributed by atoms with Crippen LogP contribution in [0.3, 0.4) is 0 Å². The number of fused-ring (bicyclic) bond motifs is 3. The molecule has 3 aromatic heterocycles. The average molecular weight is 424 g/mol. The summed E-state index contributed by atoms with van der Waals surface area (Å²) in [5.41, 5.74) is 1.50. The van der Waals surface area contributed by atoms with Crippen molar-refractivity contribution < 1.29 is 0 Å². The highest BCUT2D eigenvalue weighted by molar-refractivity contribution is 7.19. The number of thiophene rings is 1. The zero-order valence-electron chi connectivity index (χ0n) is 17.5. The van der Waals surface area contributed by atoms with Crippen molar-refractivity contribution in [1.82, 2.24) is 24.8 Å². The molecule has 7 nitrogen and oxygen atoms in total. The molecule has 2 aliphatic rings. The van der Waals surface area contributed by atoms with Crippen LogP contribution in [-0.2, 0) is 12.8 Å². The van der Waals surface area contributed by atoms with E-state index in [1.54, 1.807) is 6.33 Å². The third kappa shape index (κ3) is 4.11. The Labute approximate surface area is 181 Å². The molecule has 1 saturated heterocycles. The summed E-state index contributed by atoms with van der Waals surface area (Å²) >= 11 is 1.86. The van der Waals surface area contributed by atoms with E-state index in [0.29, 0.717) is 0 Å². The van der Waals surface area contributed by atoms with Gasteiger partial charge in [0.2, 0.25) is 5.95 Å². The summed E-state index contributed by atoms with van der Waals surface area (Å²) in [6.07, 6.45) is 10.1. The Morgan fingerprint density at radius 1 is 1.10 bits per heavy atom. The molecule has 8 heteroatoms. The van der Waals surface area contributed by atoms with E-state index in [-0.39, 0.29) is 0 Å². The minimum Gasteiger partial charge on any atom is -0.369 e. The van der Waals surface area contributed by atoms with Gasteiger partial charge < -0.3 is 10.2 Å². The third-order valence-electron chi connectivity index (χ3n) is 6.24. The molecule has 0 amide bonds. The Bertz CT molecular complexity index is 982. The molecule has 0 unspecified atom stereocenters. The van der Waals surface area contributed by atoms with E-state index in [0.717, 1.165) is 74.6 Å². The first-order valence-electron chi connectivity index (χ1n) is 11.0. The van der Waals surface area contributed by atoms with Crippen LogP contribution < -0.4 is 10.2 Å². The number of anilines is 2. The van der Waals surface area contributed by atoms with Crippen LogP contribution in [-0.4, -0.2) is 64.1 Å². The van der Waals surface area contributed by atoms with Crippen molar-refractivity contribution in [3.8, 4) is 0 Å². The molecule has 3 aromatic rings. The minimum absolute atomic E-state index is 0.781. The third-order valence-corrected chi connectivity index (χ3v) is 7.40. The molecular formula is C22H29N7S. The molecule has 1 aliphatic carbocycles. The summed E-state index contributed by atoms with van der Waals surface area (Å²) in [6.45, 7) is 8.50. The smallest absolute Gasteiger partial charge is 0.225 e. The molecule has 0 aromatic carbocycles. The quantitative estimate of drug-likeness (QED) is 0.611. The Hall–Kier alpha value is -2.32. The molecule has 0 bridgehead atoms. The number of aromatic nitrogens is 4. The molecule has 4 heterocycles. The second-order valence-corrected chi connectivity index (χ2v) is 9.50. The Morgan fingerprint density at radius 2 is 1.93 bits per heavy atom. The standard InChI is InChI=1S/C22H29N7S/c1-16-4-5-17-18(14-16)30-21-19(17)20(26-15-27-21)23-8-3-9-28-10-12-29(13-11-28)22-24-6-2-7-25-22/h2,6-7,15-16H,3-5,8-14H2,1H3,(H,23,26,27)/t16-/m1/s1. The molecule has 158 valence electrons. The van der Waals surface area contributed by atoms with Crippen molar-refractivity contribution in [3.05, 3.63) is 35.2 Å². The molecule has 30 heavy (non-hydrogen) atoms. The number of hydrogen-bond donors (Lipinski definition) is 1. The fourth-order valence-electron chi connectivity index (χ4n) is 4.54. The number of hydrogen-bond acceptors (Lipinski definition) is 8. The van der Waals surface area contributed by atoms with Crippen LogP contribution >= 0.6 is 11.3 Å². The summed E-state index contributed by atoms with van der Waals surface area (Å²) < 4.78 is 0. The number of nitrogens with one attached hydrogen (secondary N) is 1. The number of rotatable bonds is 6. The fourth-order valence-corrected chi connectivity index (χ4v) is 5.89. The van der Waals surface area contributed by atoms with Gasteiger partial charge in [0.1, 0.15) is 17.0 Å². The summed E-state index contributed by atoms with van der Waals surface area (Å²) in [6, 6.07) is 1.87. The van der Waals surface area contributed by atoms with Crippen LogP contribution in [0.4, 0.5) is 11.8 Å². The fraction of sp³-hybridized carbons (Fsp3) is 0.545.